The lowest BCUT2D eigenvalue weighted by atomic mass is 9.84. The van der Waals surface area contributed by atoms with Gasteiger partial charge in [0.15, 0.2) is 0 Å². The Morgan fingerprint density at radius 1 is 1.04 bits per heavy atom. The molecule has 0 spiro atoms. The van der Waals surface area contributed by atoms with Gasteiger partial charge in [0.05, 0.1) is 5.69 Å². The normalized spacial score (nSPS) is 18.3. The van der Waals surface area contributed by atoms with Gasteiger partial charge in [-0.15, -0.1) is 0 Å². The summed E-state index contributed by atoms with van der Waals surface area (Å²) in [5, 5.41) is 0. The molecule has 0 unspecified atom stereocenters. The predicted molar refractivity (Wildman–Crippen MR) is 94.8 cm³/mol. The average Bonchev–Trinajstić information content (AvgIpc) is 2.93. The van der Waals surface area contributed by atoms with Crippen LogP contribution in [0.5, 0.6) is 0 Å². The van der Waals surface area contributed by atoms with Crippen LogP contribution < -0.4 is 4.90 Å². The number of carbonyl (C=O) groups excluding carboxylic acids is 1. The van der Waals surface area contributed by atoms with Gasteiger partial charge < -0.3 is 9.80 Å². The molecule has 1 aliphatic carbocycles. The van der Waals surface area contributed by atoms with Crippen molar-refractivity contribution in [3.63, 3.8) is 0 Å². The molecule has 2 fully saturated rings. The first kappa shape index (κ1) is 16.1. The molecule has 7 nitrogen and oxygen atoms in total. The Bertz CT molecular complexity index is 774. The molecule has 1 amide bonds. The first-order valence-corrected chi connectivity index (χ1v) is 9.00. The second-order valence-electron chi connectivity index (χ2n) is 6.96. The molecule has 0 radical (unpaired) electrons. The number of aryl methyl sites for hydroxylation is 1. The maximum absolute atomic E-state index is 12.4. The second-order valence-corrected chi connectivity index (χ2v) is 6.96. The van der Waals surface area contributed by atoms with Gasteiger partial charge >= 0.3 is 0 Å². The van der Waals surface area contributed by atoms with Crippen molar-refractivity contribution in [1.82, 2.24) is 24.4 Å². The summed E-state index contributed by atoms with van der Waals surface area (Å²) < 4.78 is 1.98. The van der Waals surface area contributed by atoms with Gasteiger partial charge in [0.2, 0.25) is 5.91 Å². The number of rotatable bonds is 3. The number of hydrogen-bond acceptors (Lipinski definition) is 5. The van der Waals surface area contributed by atoms with Crippen LogP contribution in [0.4, 0.5) is 5.82 Å². The van der Waals surface area contributed by atoms with Gasteiger partial charge in [0.25, 0.3) is 0 Å². The number of aromatic nitrogens is 4. The first-order valence-electron chi connectivity index (χ1n) is 9.00. The molecule has 25 heavy (non-hydrogen) atoms. The highest BCUT2D eigenvalue weighted by molar-refractivity contribution is 5.79. The lowest BCUT2D eigenvalue weighted by Gasteiger charge is -2.38. The van der Waals surface area contributed by atoms with Crippen LogP contribution >= 0.6 is 0 Å². The van der Waals surface area contributed by atoms with Crippen molar-refractivity contribution >= 4 is 11.7 Å². The van der Waals surface area contributed by atoms with Crippen molar-refractivity contribution in [3.05, 3.63) is 30.1 Å². The second kappa shape index (κ2) is 6.46. The average molecular weight is 340 g/mol. The van der Waals surface area contributed by atoms with E-state index in [0.717, 1.165) is 62.0 Å². The number of nitrogens with zero attached hydrogens (tertiary/aromatic N) is 6. The predicted octanol–water partition coefficient (Wildman–Crippen LogP) is 1.73. The Balaban J connectivity index is 1.45. The Morgan fingerprint density at radius 3 is 2.36 bits per heavy atom. The van der Waals surface area contributed by atoms with E-state index in [2.05, 4.69) is 19.9 Å². The van der Waals surface area contributed by atoms with E-state index < -0.39 is 0 Å². The summed E-state index contributed by atoms with van der Waals surface area (Å²) in [6, 6.07) is 2.00. The van der Waals surface area contributed by atoms with Crippen LogP contribution in [0.25, 0.3) is 5.82 Å². The van der Waals surface area contributed by atoms with Gasteiger partial charge in [-0.1, -0.05) is 6.42 Å². The molecular formula is C18H24N6O. The summed E-state index contributed by atoms with van der Waals surface area (Å²) in [6.07, 6.45) is 6.74. The molecule has 0 bridgehead atoms. The van der Waals surface area contributed by atoms with Gasteiger partial charge in [0, 0.05) is 43.9 Å². The molecular weight excluding hydrogens is 316 g/mol. The van der Waals surface area contributed by atoms with Crippen LogP contribution in [-0.2, 0) is 4.79 Å². The Morgan fingerprint density at radius 2 is 1.76 bits per heavy atom. The Hall–Kier alpha value is -2.44. The van der Waals surface area contributed by atoms with Crippen LogP contribution in [-0.4, -0.2) is 56.5 Å². The number of carbonyl (C=O) groups is 1. The number of imidazole rings is 1. The number of piperazine rings is 1. The molecule has 2 aromatic heterocycles. The van der Waals surface area contributed by atoms with Crippen molar-refractivity contribution < 1.29 is 4.79 Å². The van der Waals surface area contributed by atoms with Crippen molar-refractivity contribution in [2.24, 2.45) is 5.92 Å². The molecule has 2 aliphatic rings. The smallest absolute Gasteiger partial charge is 0.225 e. The minimum absolute atomic E-state index is 0.282. The van der Waals surface area contributed by atoms with Gasteiger partial charge in [-0.3, -0.25) is 9.36 Å². The molecule has 2 aromatic rings. The lowest BCUT2D eigenvalue weighted by Crippen LogP contribution is -2.51. The summed E-state index contributed by atoms with van der Waals surface area (Å²) >= 11 is 0. The fraction of sp³-hybridized carbons (Fsp3) is 0.556. The molecule has 4 rings (SSSR count). The van der Waals surface area contributed by atoms with Crippen molar-refractivity contribution in [1.29, 1.82) is 0 Å². The first-order chi connectivity index (χ1) is 12.1. The highest BCUT2D eigenvalue weighted by Gasteiger charge is 2.31. The number of anilines is 1. The van der Waals surface area contributed by atoms with Crippen molar-refractivity contribution in [2.75, 3.05) is 31.1 Å². The molecule has 1 aliphatic heterocycles. The van der Waals surface area contributed by atoms with E-state index in [0.29, 0.717) is 5.91 Å². The minimum Gasteiger partial charge on any atom is -0.353 e. The summed E-state index contributed by atoms with van der Waals surface area (Å²) in [6.45, 7) is 7.21. The molecule has 1 saturated heterocycles. The fourth-order valence-electron chi connectivity index (χ4n) is 3.44. The van der Waals surface area contributed by atoms with Crippen LogP contribution in [0.1, 0.15) is 30.7 Å². The molecule has 0 aromatic carbocycles. The maximum Gasteiger partial charge on any atom is 0.225 e. The van der Waals surface area contributed by atoms with Crippen LogP contribution in [0.3, 0.4) is 0 Å². The van der Waals surface area contributed by atoms with Gasteiger partial charge in [-0.25, -0.2) is 15.0 Å². The molecule has 1 saturated carbocycles. The fourth-order valence-corrected chi connectivity index (χ4v) is 3.44. The maximum atomic E-state index is 12.4. The highest BCUT2D eigenvalue weighted by atomic mass is 16.2. The van der Waals surface area contributed by atoms with Gasteiger partial charge in [-0.05, 0) is 26.7 Å². The third-order valence-corrected chi connectivity index (χ3v) is 5.51. The quantitative estimate of drug-likeness (QED) is 0.851. The Kier molecular flexibility index (Phi) is 4.15. The highest BCUT2D eigenvalue weighted by Crippen LogP contribution is 2.29. The van der Waals surface area contributed by atoms with Crippen molar-refractivity contribution in [2.45, 2.75) is 33.1 Å². The SMILES string of the molecule is Cc1ncn(-c2cc(N3CCN(C(=O)C4CCC4)CC3)ncn2)c1C. The summed E-state index contributed by atoms with van der Waals surface area (Å²) in [4.78, 5) is 29.8. The summed E-state index contributed by atoms with van der Waals surface area (Å²) in [5.74, 6) is 2.37. The lowest BCUT2D eigenvalue weighted by molar-refractivity contribution is -0.138. The van der Waals surface area contributed by atoms with Gasteiger partial charge in [-0.2, -0.15) is 0 Å². The van der Waals surface area contributed by atoms with E-state index in [9.17, 15) is 4.79 Å². The van der Waals surface area contributed by atoms with E-state index in [1.807, 2.05) is 29.4 Å². The third-order valence-electron chi connectivity index (χ3n) is 5.51. The van der Waals surface area contributed by atoms with Crippen LogP contribution in [0, 0.1) is 19.8 Å². The third kappa shape index (κ3) is 2.99. The van der Waals surface area contributed by atoms with E-state index >= 15 is 0 Å². The van der Waals surface area contributed by atoms with Crippen LogP contribution in [0.15, 0.2) is 18.7 Å². The van der Waals surface area contributed by atoms with Crippen molar-refractivity contribution in [3.8, 4) is 5.82 Å². The zero-order chi connectivity index (χ0) is 17.4. The topological polar surface area (TPSA) is 67.2 Å². The van der Waals surface area contributed by atoms with E-state index in [4.69, 9.17) is 0 Å². The Labute approximate surface area is 147 Å². The number of amides is 1. The zero-order valence-electron chi connectivity index (χ0n) is 14.9. The van der Waals surface area contributed by atoms with E-state index in [1.165, 1.54) is 6.42 Å². The molecule has 3 heterocycles. The zero-order valence-corrected chi connectivity index (χ0v) is 14.9. The molecule has 132 valence electrons. The van der Waals surface area contributed by atoms with E-state index in [1.54, 1.807) is 12.7 Å². The molecule has 7 heteroatoms. The van der Waals surface area contributed by atoms with Crippen LogP contribution in [0.2, 0.25) is 0 Å². The summed E-state index contributed by atoms with van der Waals surface area (Å²) in [7, 11) is 0. The molecule has 0 atom stereocenters. The van der Waals surface area contributed by atoms with Gasteiger partial charge in [0.1, 0.15) is 24.3 Å². The summed E-state index contributed by atoms with van der Waals surface area (Å²) in [5.41, 5.74) is 2.09. The number of hydrogen-bond donors (Lipinski definition) is 0. The van der Waals surface area contributed by atoms with E-state index in [-0.39, 0.29) is 5.92 Å². The monoisotopic (exact) mass is 340 g/mol. The minimum atomic E-state index is 0.282. The molecule has 0 N–H and O–H groups in total. The largest absolute Gasteiger partial charge is 0.353 e. The standard InChI is InChI=1S/C18H24N6O/c1-13-14(2)24(12-21-13)17-10-16(19-11-20-17)22-6-8-23(9-7-22)18(25)15-4-3-5-15/h10-12,15H,3-9H2,1-2H3.